The van der Waals surface area contributed by atoms with Crippen LogP contribution in [0.15, 0.2) is 29.2 Å². The average molecular weight is 230 g/mol. The molecule has 0 radical (unpaired) electrons. The third kappa shape index (κ3) is 4.89. The molecule has 3 heteroatoms. The minimum absolute atomic E-state index is 0.807. The fourth-order valence-electron chi connectivity index (χ4n) is 1.17. The SMILES string of the molecule is NCCCCCSc1cccc(Cl)c1. The van der Waals surface area contributed by atoms with Crippen LogP contribution in [0.5, 0.6) is 0 Å². The second-order valence-electron chi connectivity index (χ2n) is 3.16. The van der Waals surface area contributed by atoms with E-state index in [0.29, 0.717) is 0 Å². The van der Waals surface area contributed by atoms with Gasteiger partial charge in [-0.2, -0.15) is 0 Å². The highest BCUT2D eigenvalue weighted by Crippen LogP contribution is 2.22. The molecule has 0 bridgehead atoms. The summed E-state index contributed by atoms with van der Waals surface area (Å²) in [5.74, 6) is 1.15. The van der Waals surface area contributed by atoms with Gasteiger partial charge in [-0.25, -0.2) is 0 Å². The quantitative estimate of drug-likeness (QED) is 0.596. The maximum Gasteiger partial charge on any atom is 0.0417 e. The number of nitrogens with two attached hydrogens (primary N) is 1. The van der Waals surface area contributed by atoms with E-state index in [1.807, 2.05) is 30.0 Å². The lowest BCUT2D eigenvalue weighted by Gasteiger charge is -2.01. The lowest BCUT2D eigenvalue weighted by Crippen LogP contribution is -1.97. The van der Waals surface area contributed by atoms with Crippen molar-refractivity contribution in [2.24, 2.45) is 5.73 Å². The second-order valence-corrected chi connectivity index (χ2v) is 4.76. The topological polar surface area (TPSA) is 26.0 Å². The van der Waals surface area contributed by atoms with Crippen molar-refractivity contribution in [1.29, 1.82) is 0 Å². The maximum absolute atomic E-state index is 5.88. The van der Waals surface area contributed by atoms with Crippen LogP contribution in [0.2, 0.25) is 5.02 Å². The maximum atomic E-state index is 5.88. The molecule has 1 aromatic carbocycles. The summed E-state index contributed by atoms with van der Waals surface area (Å²) < 4.78 is 0. The van der Waals surface area contributed by atoms with E-state index in [9.17, 15) is 0 Å². The number of unbranched alkanes of at least 4 members (excludes halogenated alkanes) is 2. The second kappa shape index (κ2) is 7.16. The van der Waals surface area contributed by atoms with Crippen molar-refractivity contribution in [2.75, 3.05) is 12.3 Å². The number of rotatable bonds is 6. The van der Waals surface area contributed by atoms with Crippen LogP contribution in [-0.4, -0.2) is 12.3 Å². The van der Waals surface area contributed by atoms with Crippen molar-refractivity contribution >= 4 is 23.4 Å². The van der Waals surface area contributed by atoms with E-state index in [4.69, 9.17) is 17.3 Å². The Morgan fingerprint density at radius 3 is 2.79 bits per heavy atom. The lowest BCUT2D eigenvalue weighted by atomic mass is 10.2. The van der Waals surface area contributed by atoms with Crippen LogP contribution in [0.1, 0.15) is 19.3 Å². The molecule has 14 heavy (non-hydrogen) atoms. The fourth-order valence-corrected chi connectivity index (χ4v) is 2.39. The van der Waals surface area contributed by atoms with Crippen molar-refractivity contribution in [3.05, 3.63) is 29.3 Å². The van der Waals surface area contributed by atoms with Crippen molar-refractivity contribution in [3.8, 4) is 0 Å². The van der Waals surface area contributed by atoms with Crippen molar-refractivity contribution in [1.82, 2.24) is 0 Å². The molecule has 1 rings (SSSR count). The van der Waals surface area contributed by atoms with Gasteiger partial charge in [0.25, 0.3) is 0 Å². The summed E-state index contributed by atoms with van der Waals surface area (Å²) in [6.45, 7) is 0.807. The average Bonchev–Trinajstić information content (AvgIpc) is 2.18. The zero-order valence-corrected chi connectivity index (χ0v) is 9.78. The van der Waals surface area contributed by atoms with Gasteiger partial charge >= 0.3 is 0 Å². The van der Waals surface area contributed by atoms with Gasteiger partial charge in [-0.3, -0.25) is 0 Å². The Kier molecular flexibility index (Phi) is 6.08. The van der Waals surface area contributed by atoms with Crippen LogP contribution in [0.3, 0.4) is 0 Å². The van der Waals surface area contributed by atoms with Crippen molar-refractivity contribution in [2.45, 2.75) is 24.2 Å². The first-order valence-electron chi connectivity index (χ1n) is 4.91. The molecule has 1 nitrogen and oxygen atoms in total. The normalized spacial score (nSPS) is 10.4. The van der Waals surface area contributed by atoms with Crippen LogP contribution in [0, 0.1) is 0 Å². The highest BCUT2D eigenvalue weighted by atomic mass is 35.5. The van der Waals surface area contributed by atoms with Crippen LogP contribution >= 0.6 is 23.4 Å². The molecule has 0 saturated heterocycles. The Labute approximate surface area is 95.0 Å². The third-order valence-corrected chi connectivity index (χ3v) is 3.23. The minimum Gasteiger partial charge on any atom is -0.330 e. The van der Waals surface area contributed by atoms with E-state index in [1.54, 1.807) is 0 Å². The molecule has 0 aliphatic carbocycles. The molecule has 0 fully saturated rings. The Morgan fingerprint density at radius 2 is 2.07 bits per heavy atom. The molecule has 78 valence electrons. The zero-order chi connectivity index (χ0) is 10.2. The molecule has 0 saturated carbocycles. The first kappa shape index (κ1) is 11.9. The number of hydrogen-bond acceptors (Lipinski definition) is 2. The summed E-state index contributed by atoms with van der Waals surface area (Å²) in [7, 11) is 0. The number of benzene rings is 1. The number of hydrogen-bond donors (Lipinski definition) is 1. The van der Waals surface area contributed by atoms with Gasteiger partial charge in [0.05, 0.1) is 0 Å². The Morgan fingerprint density at radius 1 is 1.21 bits per heavy atom. The summed E-state index contributed by atoms with van der Waals surface area (Å²) >= 11 is 7.74. The minimum atomic E-state index is 0.807. The van der Waals surface area contributed by atoms with Crippen LogP contribution in [0.4, 0.5) is 0 Å². The highest BCUT2D eigenvalue weighted by molar-refractivity contribution is 7.99. The van der Waals surface area contributed by atoms with Gasteiger partial charge in [0.1, 0.15) is 0 Å². The molecule has 0 amide bonds. The van der Waals surface area contributed by atoms with E-state index in [1.165, 1.54) is 17.7 Å². The monoisotopic (exact) mass is 229 g/mol. The Balaban J connectivity index is 2.18. The van der Waals surface area contributed by atoms with Gasteiger partial charge in [0.2, 0.25) is 0 Å². The van der Waals surface area contributed by atoms with Gasteiger partial charge in [-0.05, 0) is 43.3 Å². The molecular weight excluding hydrogens is 214 g/mol. The lowest BCUT2D eigenvalue weighted by molar-refractivity contribution is 0.732. The van der Waals surface area contributed by atoms with E-state index < -0.39 is 0 Å². The third-order valence-electron chi connectivity index (χ3n) is 1.91. The first-order valence-corrected chi connectivity index (χ1v) is 6.27. The van der Waals surface area contributed by atoms with Gasteiger partial charge in [0, 0.05) is 9.92 Å². The molecule has 0 unspecified atom stereocenters. The van der Waals surface area contributed by atoms with Crippen LogP contribution in [0.25, 0.3) is 0 Å². The molecule has 0 atom stereocenters. The molecule has 2 N–H and O–H groups in total. The largest absolute Gasteiger partial charge is 0.330 e. The first-order chi connectivity index (χ1) is 6.83. The molecule has 1 aromatic rings. The highest BCUT2D eigenvalue weighted by Gasteiger charge is 1.94. The van der Waals surface area contributed by atoms with E-state index in [0.717, 1.165) is 23.7 Å². The molecule has 0 aliphatic heterocycles. The van der Waals surface area contributed by atoms with Gasteiger partial charge in [-0.1, -0.05) is 24.1 Å². The van der Waals surface area contributed by atoms with Crippen LogP contribution in [-0.2, 0) is 0 Å². The summed E-state index contributed by atoms with van der Waals surface area (Å²) in [6, 6.07) is 8.00. The molecule has 0 spiro atoms. The summed E-state index contributed by atoms with van der Waals surface area (Å²) in [5, 5.41) is 0.817. The summed E-state index contributed by atoms with van der Waals surface area (Å²) in [4.78, 5) is 1.25. The Hall–Kier alpha value is -0.180. The zero-order valence-electron chi connectivity index (χ0n) is 8.21. The molecular formula is C11H16ClNS. The van der Waals surface area contributed by atoms with Gasteiger partial charge in [-0.15, -0.1) is 11.8 Å². The van der Waals surface area contributed by atoms with Crippen LogP contribution < -0.4 is 5.73 Å². The molecule has 0 heterocycles. The predicted octanol–water partition coefficient (Wildman–Crippen LogP) is 3.56. The standard InChI is InChI=1S/C11H16ClNS/c12-10-5-4-6-11(9-10)14-8-3-1-2-7-13/h4-6,9H,1-3,7-8,13H2. The van der Waals surface area contributed by atoms with E-state index >= 15 is 0 Å². The van der Waals surface area contributed by atoms with E-state index in [-0.39, 0.29) is 0 Å². The van der Waals surface area contributed by atoms with Gasteiger partial charge < -0.3 is 5.73 Å². The predicted molar refractivity (Wildman–Crippen MR) is 65.1 cm³/mol. The van der Waals surface area contributed by atoms with Crippen molar-refractivity contribution < 1.29 is 0 Å². The fraction of sp³-hybridized carbons (Fsp3) is 0.455. The number of halogens is 1. The smallest absolute Gasteiger partial charge is 0.0417 e. The summed E-state index contributed by atoms with van der Waals surface area (Å²) in [6.07, 6.45) is 3.59. The van der Waals surface area contributed by atoms with Gasteiger partial charge in [0.15, 0.2) is 0 Å². The number of thioether (sulfide) groups is 1. The summed E-state index contributed by atoms with van der Waals surface area (Å²) in [5.41, 5.74) is 5.42. The molecule has 0 aliphatic rings. The van der Waals surface area contributed by atoms with Crippen molar-refractivity contribution in [3.63, 3.8) is 0 Å². The van der Waals surface area contributed by atoms with E-state index in [2.05, 4.69) is 6.07 Å². The molecule has 0 aromatic heterocycles. The Bertz CT molecular complexity index is 265.